The first-order valence-corrected chi connectivity index (χ1v) is 9.18. The number of halogens is 2. The highest BCUT2D eigenvalue weighted by molar-refractivity contribution is 7.12. The molecule has 29 heavy (non-hydrogen) atoms. The Morgan fingerprint density at radius 1 is 0.966 bits per heavy atom. The van der Waals surface area contributed by atoms with Crippen LogP contribution in [0.2, 0.25) is 0 Å². The van der Waals surface area contributed by atoms with Crippen LogP contribution in [0.1, 0.15) is 20.0 Å². The number of amides is 2. The van der Waals surface area contributed by atoms with Crippen LogP contribution in [-0.2, 0) is 4.84 Å². The average Bonchev–Trinajstić information content (AvgIpc) is 3.21. The number of hydroxylamine groups is 1. The van der Waals surface area contributed by atoms with E-state index in [9.17, 15) is 18.4 Å². The van der Waals surface area contributed by atoms with Crippen molar-refractivity contribution in [1.29, 1.82) is 0 Å². The molecular formula is C20H16F2N2O4S. The van der Waals surface area contributed by atoms with Crippen LogP contribution in [0.5, 0.6) is 5.75 Å². The Morgan fingerprint density at radius 3 is 2.34 bits per heavy atom. The second-order valence-corrected chi connectivity index (χ2v) is 6.72. The lowest BCUT2D eigenvalue weighted by molar-refractivity contribution is 0.0540. The van der Waals surface area contributed by atoms with Gasteiger partial charge in [0.1, 0.15) is 27.9 Å². The third-order valence-corrected chi connectivity index (χ3v) is 4.91. The Morgan fingerprint density at radius 2 is 1.69 bits per heavy atom. The molecule has 0 aliphatic rings. The fourth-order valence-corrected chi connectivity index (χ4v) is 3.42. The fourth-order valence-electron chi connectivity index (χ4n) is 2.65. The summed E-state index contributed by atoms with van der Waals surface area (Å²) in [5.74, 6) is -2.81. The maximum atomic E-state index is 14.6. The van der Waals surface area contributed by atoms with Crippen molar-refractivity contribution >= 4 is 28.8 Å². The summed E-state index contributed by atoms with van der Waals surface area (Å²) >= 11 is 0.996. The molecule has 6 nitrogen and oxygen atoms in total. The number of nitrogens with one attached hydrogen (secondary N) is 2. The summed E-state index contributed by atoms with van der Waals surface area (Å²) < 4.78 is 34.3. The van der Waals surface area contributed by atoms with E-state index in [1.807, 2.05) is 0 Å². The standard InChI is InChI=1S/C20H16F2N2O4S/c1-27-13-5-3-4-11(8-13)12-9-15(21)17(16(22)10-12)23-19(25)14-6-7-29-18(14)20(26)24-28-2/h3-10H,1-2H3,(H,23,25)(H,24,26). The van der Waals surface area contributed by atoms with Crippen LogP contribution in [-0.4, -0.2) is 26.0 Å². The van der Waals surface area contributed by atoms with E-state index in [-0.39, 0.29) is 16.0 Å². The molecule has 0 saturated heterocycles. The van der Waals surface area contributed by atoms with Crippen molar-refractivity contribution in [2.75, 3.05) is 19.5 Å². The molecule has 2 aromatic carbocycles. The molecule has 0 fully saturated rings. The van der Waals surface area contributed by atoms with Crippen LogP contribution < -0.4 is 15.5 Å². The predicted octanol–water partition coefficient (Wildman–Crippen LogP) is 4.25. The lowest BCUT2D eigenvalue weighted by Gasteiger charge is -2.11. The largest absolute Gasteiger partial charge is 0.497 e. The monoisotopic (exact) mass is 418 g/mol. The first kappa shape index (κ1) is 20.4. The number of methoxy groups -OCH3 is 1. The van der Waals surface area contributed by atoms with E-state index in [0.717, 1.165) is 23.5 Å². The lowest BCUT2D eigenvalue weighted by Crippen LogP contribution is -2.24. The van der Waals surface area contributed by atoms with Crippen LogP contribution in [0.15, 0.2) is 47.8 Å². The number of hydrogen-bond acceptors (Lipinski definition) is 5. The molecule has 1 heterocycles. The van der Waals surface area contributed by atoms with Crippen molar-refractivity contribution in [2.45, 2.75) is 0 Å². The number of benzene rings is 2. The van der Waals surface area contributed by atoms with Gasteiger partial charge < -0.3 is 10.1 Å². The third-order valence-electron chi connectivity index (χ3n) is 3.99. The van der Waals surface area contributed by atoms with Crippen LogP contribution in [0.3, 0.4) is 0 Å². The molecule has 150 valence electrons. The van der Waals surface area contributed by atoms with Crippen molar-refractivity contribution in [2.24, 2.45) is 0 Å². The third kappa shape index (κ3) is 4.41. The van der Waals surface area contributed by atoms with E-state index in [4.69, 9.17) is 4.74 Å². The summed E-state index contributed by atoms with van der Waals surface area (Å²) in [4.78, 5) is 29.0. The average molecular weight is 418 g/mol. The Hall–Kier alpha value is -3.30. The number of anilines is 1. The molecular weight excluding hydrogens is 402 g/mol. The molecule has 0 saturated carbocycles. The van der Waals surface area contributed by atoms with Crippen molar-refractivity contribution in [3.05, 3.63) is 69.9 Å². The molecule has 3 rings (SSSR count). The van der Waals surface area contributed by atoms with Gasteiger partial charge in [-0.3, -0.25) is 14.4 Å². The van der Waals surface area contributed by atoms with Crippen LogP contribution in [0.25, 0.3) is 11.1 Å². The van der Waals surface area contributed by atoms with Crippen LogP contribution >= 0.6 is 11.3 Å². The molecule has 0 atom stereocenters. The zero-order chi connectivity index (χ0) is 21.0. The van der Waals surface area contributed by atoms with Gasteiger partial charge in [-0.1, -0.05) is 12.1 Å². The van der Waals surface area contributed by atoms with Gasteiger partial charge in [0.05, 0.1) is 19.8 Å². The Bertz CT molecular complexity index is 1050. The molecule has 0 radical (unpaired) electrons. The first-order valence-electron chi connectivity index (χ1n) is 8.30. The molecule has 0 spiro atoms. The van der Waals surface area contributed by atoms with Crippen molar-refractivity contribution in [3.8, 4) is 16.9 Å². The highest BCUT2D eigenvalue weighted by Crippen LogP contribution is 2.30. The minimum absolute atomic E-state index is 0.0276. The highest BCUT2D eigenvalue weighted by Gasteiger charge is 2.22. The van der Waals surface area contributed by atoms with Crippen molar-refractivity contribution in [1.82, 2.24) is 5.48 Å². The zero-order valence-electron chi connectivity index (χ0n) is 15.4. The quantitative estimate of drug-likeness (QED) is 0.587. The van der Waals surface area contributed by atoms with E-state index in [0.29, 0.717) is 11.3 Å². The molecule has 0 bridgehead atoms. The molecule has 9 heteroatoms. The van der Waals surface area contributed by atoms with Gasteiger partial charge in [0.15, 0.2) is 0 Å². The van der Waals surface area contributed by atoms with Crippen LogP contribution in [0, 0.1) is 11.6 Å². The molecule has 0 aliphatic carbocycles. The molecule has 2 amide bonds. The van der Waals surface area contributed by atoms with Gasteiger partial charge >= 0.3 is 0 Å². The molecule has 2 N–H and O–H groups in total. The fraction of sp³-hybridized carbons (Fsp3) is 0.100. The topological polar surface area (TPSA) is 76.7 Å². The number of ether oxygens (including phenoxy) is 1. The van der Waals surface area contributed by atoms with Crippen molar-refractivity contribution < 1.29 is 27.9 Å². The Labute approximate surface area is 169 Å². The minimum atomic E-state index is -0.950. The van der Waals surface area contributed by atoms with E-state index in [2.05, 4.69) is 15.6 Å². The maximum absolute atomic E-state index is 14.6. The number of rotatable bonds is 6. The lowest BCUT2D eigenvalue weighted by atomic mass is 10.0. The van der Waals surface area contributed by atoms with Gasteiger partial charge in [0.2, 0.25) is 0 Å². The predicted molar refractivity (Wildman–Crippen MR) is 105 cm³/mol. The summed E-state index contributed by atoms with van der Waals surface area (Å²) in [6, 6.07) is 10.3. The molecule has 1 aromatic heterocycles. The Balaban J connectivity index is 1.88. The Kier molecular flexibility index (Phi) is 6.20. The number of carbonyl (C=O) groups is 2. The minimum Gasteiger partial charge on any atom is -0.497 e. The SMILES string of the molecule is CONC(=O)c1sccc1C(=O)Nc1c(F)cc(-c2cccc(OC)c2)cc1F. The number of hydrogen-bond donors (Lipinski definition) is 2. The summed E-state index contributed by atoms with van der Waals surface area (Å²) in [7, 11) is 2.74. The normalized spacial score (nSPS) is 10.5. The van der Waals surface area contributed by atoms with Gasteiger partial charge in [0.25, 0.3) is 11.8 Å². The number of carbonyl (C=O) groups excluding carboxylic acids is 2. The second-order valence-electron chi connectivity index (χ2n) is 5.80. The second kappa shape index (κ2) is 8.80. The van der Waals surface area contributed by atoms with Gasteiger partial charge in [-0.05, 0) is 46.8 Å². The van der Waals surface area contributed by atoms with E-state index in [1.54, 1.807) is 24.3 Å². The van der Waals surface area contributed by atoms with E-state index >= 15 is 0 Å². The van der Waals surface area contributed by atoms with Gasteiger partial charge in [-0.25, -0.2) is 14.3 Å². The molecule has 0 aliphatic heterocycles. The smallest absolute Gasteiger partial charge is 0.285 e. The van der Waals surface area contributed by atoms with Gasteiger partial charge in [-0.2, -0.15) is 0 Å². The number of thiophene rings is 1. The summed E-state index contributed by atoms with van der Waals surface area (Å²) in [5.41, 5.74) is 2.30. The van der Waals surface area contributed by atoms with Gasteiger partial charge in [0, 0.05) is 0 Å². The molecule has 0 unspecified atom stereocenters. The van der Waals surface area contributed by atoms with E-state index < -0.39 is 29.1 Å². The summed E-state index contributed by atoms with van der Waals surface area (Å²) in [6.07, 6.45) is 0. The maximum Gasteiger partial charge on any atom is 0.285 e. The van der Waals surface area contributed by atoms with E-state index in [1.165, 1.54) is 25.7 Å². The summed E-state index contributed by atoms with van der Waals surface area (Å²) in [5, 5.41) is 3.70. The van der Waals surface area contributed by atoms with Crippen LogP contribution in [0.4, 0.5) is 14.5 Å². The van der Waals surface area contributed by atoms with Gasteiger partial charge in [-0.15, -0.1) is 11.3 Å². The van der Waals surface area contributed by atoms with Crippen molar-refractivity contribution in [3.63, 3.8) is 0 Å². The molecule has 3 aromatic rings. The summed E-state index contributed by atoms with van der Waals surface area (Å²) in [6.45, 7) is 0. The first-order chi connectivity index (χ1) is 13.9. The highest BCUT2D eigenvalue weighted by atomic mass is 32.1. The zero-order valence-corrected chi connectivity index (χ0v) is 16.2.